The Hall–Kier alpha value is -1.06. The minimum Gasteiger partial charge on any atom is -0.463 e. The topological polar surface area (TPSA) is 30.2 Å². The van der Waals surface area contributed by atoms with Gasteiger partial charge in [-0.3, -0.25) is 4.79 Å². The second-order valence-corrected chi connectivity index (χ2v) is 6.64. The molecule has 2 nitrogen and oxygen atoms in total. The van der Waals surface area contributed by atoms with Crippen LogP contribution >= 0.6 is 27.7 Å². The summed E-state index contributed by atoms with van der Waals surface area (Å²) < 4.78 is 5.83. The molecule has 0 spiro atoms. The third kappa shape index (κ3) is 3.27. The van der Waals surface area contributed by atoms with Crippen LogP contribution in [0.5, 0.6) is 0 Å². The molecular weight excluding hydrogens is 341 g/mol. The smallest absolute Gasteiger partial charge is 0.200 e. The molecular formula is C18H19O2P3. The normalized spacial score (nSPS) is 11.1. The quantitative estimate of drug-likeness (QED) is 0.638. The molecule has 0 aliphatic carbocycles. The average molecular weight is 360 g/mol. The Morgan fingerprint density at radius 1 is 0.870 bits per heavy atom. The fourth-order valence-corrected chi connectivity index (χ4v) is 3.48. The van der Waals surface area contributed by atoms with Crippen LogP contribution in [0.1, 0.15) is 16.7 Å². The van der Waals surface area contributed by atoms with Crippen LogP contribution in [0.15, 0.2) is 51.9 Å². The number of fused-ring (bicyclic) bond motifs is 1. The Morgan fingerprint density at radius 3 is 2.17 bits per heavy atom. The van der Waals surface area contributed by atoms with Gasteiger partial charge in [-0.2, -0.15) is 0 Å². The first-order chi connectivity index (χ1) is 11.2. The summed E-state index contributed by atoms with van der Waals surface area (Å²) >= 11 is 0. The maximum atomic E-state index is 12.9. The van der Waals surface area contributed by atoms with E-state index in [-0.39, 0.29) is 5.43 Å². The minimum absolute atomic E-state index is 0.0323. The van der Waals surface area contributed by atoms with Gasteiger partial charge in [-0.15, -0.1) is 27.7 Å². The molecule has 3 atom stereocenters. The average Bonchev–Trinajstić information content (AvgIpc) is 2.61. The number of rotatable bonds is 4. The fourth-order valence-electron chi connectivity index (χ4n) is 2.67. The molecule has 1 aromatic heterocycles. The van der Waals surface area contributed by atoms with Gasteiger partial charge in [0.05, 0.1) is 10.9 Å². The monoisotopic (exact) mass is 360 g/mol. The van der Waals surface area contributed by atoms with Crippen molar-refractivity contribution in [3.63, 3.8) is 0 Å². The Bertz CT molecular complexity index is 899. The van der Waals surface area contributed by atoms with Crippen LogP contribution < -0.4 is 5.43 Å². The molecule has 0 radical (unpaired) electrons. The summed E-state index contributed by atoms with van der Waals surface area (Å²) in [6.45, 7) is 0. The van der Waals surface area contributed by atoms with Crippen LogP contribution in [0.3, 0.4) is 0 Å². The van der Waals surface area contributed by atoms with Crippen molar-refractivity contribution in [2.75, 3.05) is 0 Å². The lowest BCUT2D eigenvalue weighted by Gasteiger charge is -2.08. The Balaban J connectivity index is 2.23. The standard InChI is InChI=1S/C18H19O2P3/c19-17-15-6-12(9-22)5-14(10-23)18(15)20-7-16(17)13-3-1-11(8-21)2-4-13/h1-7H,8-10,21-23H2. The molecule has 1 heterocycles. The highest BCUT2D eigenvalue weighted by molar-refractivity contribution is 7.15. The van der Waals surface area contributed by atoms with E-state index in [0.29, 0.717) is 16.5 Å². The van der Waals surface area contributed by atoms with E-state index in [1.807, 2.05) is 30.3 Å². The molecule has 0 N–H and O–H groups in total. The fraction of sp³-hybridized carbons (Fsp3) is 0.167. The molecule has 23 heavy (non-hydrogen) atoms. The largest absolute Gasteiger partial charge is 0.463 e. The third-order valence-electron chi connectivity index (χ3n) is 3.97. The molecule has 0 saturated heterocycles. The zero-order chi connectivity index (χ0) is 16.4. The first-order valence-corrected chi connectivity index (χ1v) is 9.89. The predicted molar refractivity (Wildman–Crippen MR) is 108 cm³/mol. The molecule has 118 valence electrons. The van der Waals surface area contributed by atoms with E-state index in [2.05, 4.69) is 33.8 Å². The van der Waals surface area contributed by atoms with Crippen molar-refractivity contribution in [2.45, 2.75) is 18.5 Å². The maximum Gasteiger partial charge on any atom is 0.200 e. The molecule has 3 rings (SSSR count). The van der Waals surface area contributed by atoms with Crippen LogP contribution in [0.4, 0.5) is 0 Å². The van der Waals surface area contributed by atoms with Gasteiger partial charge in [-0.1, -0.05) is 30.3 Å². The highest BCUT2D eigenvalue weighted by Gasteiger charge is 2.12. The second kappa shape index (κ2) is 7.23. The highest BCUT2D eigenvalue weighted by atomic mass is 31.0. The van der Waals surface area contributed by atoms with Gasteiger partial charge >= 0.3 is 0 Å². The van der Waals surface area contributed by atoms with Crippen molar-refractivity contribution in [3.8, 4) is 11.1 Å². The van der Waals surface area contributed by atoms with Crippen molar-refractivity contribution in [2.24, 2.45) is 0 Å². The molecule has 2 aromatic carbocycles. The molecule has 0 bridgehead atoms. The molecule has 0 fully saturated rings. The first kappa shape index (κ1) is 16.8. The summed E-state index contributed by atoms with van der Waals surface area (Å²) in [4.78, 5) is 12.9. The maximum absolute atomic E-state index is 12.9. The number of hydrogen-bond acceptors (Lipinski definition) is 2. The van der Waals surface area contributed by atoms with E-state index in [1.54, 1.807) is 6.26 Å². The van der Waals surface area contributed by atoms with E-state index in [0.717, 1.165) is 35.2 Å². The molecule has 0 aliphatic heterocycles. The third-order valence-corrected chi connectivity index (χ3v) is 5.35. The van der Waals surface area contributed by atoms with E-state index in [4.69, 9.17) is 4.42 Å². The Labute approximate surface area is 142 Å². The molecule has 0 saturated carbocycles. The Morgan fingerprint density at radius 2 is 1.57 bits per heavy atom. The van der Waals surface area contributed by atoms with E-state index >= 15 is 0 Å². The zero-order valence-corrected chi connectivity index (χ0v) is 16.2. The van der Waals surface area contributed by atoms with Crippen LogP contribution in [0, 0.1) is 0 Å². The van der Waals surface area contributed by atoms with Gasteiger partial charge in [0.1, 0.15) is 11.8 Å². The summed E-state index contributed by atoms with van der Waals surface area (Å²) in [5.41, 5.74) is 5.63. The van der Waals surface area contributed by atoms with Crippen molar-refractivity contribution < 1.29 is 4.42 Å². The van der Waals surface area contributed by atoms with E-state index < -0.39 is 0 Å². The lowest BCUT2D eigenvalue weighted by molar-refractivity contribution is 0.601. The minimum atomic E-state index is 0.0323. The van der Waals surface area contributed by atoms with Crippen LogP contribution in [-0.4, -0.2) is 0 Å². The van der Waals surface area contributed by atoms with Crippen LogP contribution in [0.2, 0.25) is 0 Å². The van der Waals surface area contributed by atoms with E-state index in [9.17, 15) is 4.79 Å². The predicted octanol–water partition coefficient (Wildman–Crippen LogP) is 4.59. The summed E-state index contributed by atoms with van der Waals surface area (Å²) in [6.07, 6.45) is 4.08. The Kier molecular flexibility index (Phi) is 5.27. The number of hydrogen-bond donors (Lipinski definition) is 0. The molecule has 5 heteroatoms. The zero-order valence-electron chi connectivity index (χ0n) is 12.7. The summed E-state index contributed by atoms with van der Waals surface area (Å²) in [6, 6.07) is 12.1. The lowest BCUT2D eigenvalue weighted by Crippen LogP contribution is -2.06. The first-order valence-electron chi connectivity index (χ1n) is 7.44. The van der Waals surface area contributed by atoms with Gasteiger partial charge in [-0.05, 0) is 46.8 Å². The molecule has 0 aliphatic rings. The SMILES string of the molecule is O=c1c(-c2ccc(CP)cc2)coc2c(CP)cc(CP)cc12. The summed E-state index contributed by atoms with van der Waals surface area (Å²) in [7, 11) is 8.11. The van der Waals surface area contributed by atoms with Gasteiger partial charge in [-0.25, -0.2) is 0 Å². The van der Waals surface area contributed by atoms with Gasteiger partial charge in [0.25, 0.3) is 0 Å². The highest BCUT2D eigenvalue weighted by Crippen LogP contribution is 2.26. The van der Waals surface area contributed by atoms with Gasteiger partial charge in [0, 0.05) is 0 Å². The summed E-state index contributed by atoms with van der Waals surface area (Å²) in [5.74, 6) is 0. The van der Waals surface area contributed by atoms with Crippen molar-refractivity contribution >= 4 is 38.7 Å². The van der Waals surface area contributed by atoms with Gasteiger partial charge in [0.15, 0.2) is 0 Å². The van der Waals surface area contributed by atoms with Crippen molar-refractivity contribution in [3.05, 3.63) is 69.6 Å². The molecule has 3 unspecified atom stereocenters. The summed E-state index contributed by atoms with van der Waals surface area (Å²) in [5, 5.41) is 0.662. The van der Waals surface area contributed by atoms with Crippen molar-refractivity contribution in [1.29, 1.82) is 0 Å². The van der Waals surface area contributed by atoms with Crippen LogP contribution in [0.25, 0.3) is 22.1 Å². The molecule has 3 aromatic rings. The van der Waals surface area contributed by atoms with Crippen molar-refractivity contribution in [1.82, 2.24) is 0 Å². The van der Waals surface area contributed by atoms with Crippen LogP contribution in [-0.2, 0) is 18.5 Å². The lowest BCUT2D eigenvalue weighted by atomic mass is 10.0. The van der Waals surface area contributed by atoms with Gasteiger partial charge < -0.3 is 4.42 Å². The number of benzene rings is 2. The molecule has 0 amide bonds. The van der Waals surface area contributed by atoms with E-state index in [1.165, 1.54) is 5.56 Å². The van der Waals surface area contributed by atoms with Gasteiger partial charge in [0.2, 0.25) is 5.43 Å². The second-order valence-electron chi connectivity index (χ2n) is 5.42.